The van der Waals surface area contributed by atoms with Crippen molar-refractivity contribution >= 4 is 0 Å². The maximum atomic E-state index is 14.8. The molecule has 29 heavy (non-hydrogen) atoms. The summed E-state index contributed by atoms with van der Waals surface area (Å²) in [7, 11) is 0. The van der Waals surface area contributed by atoms with Crippen LogP contribution in [0.2, 0.25) is 0 Å². The number of halogens is 3. The zero-order valence-corrected chi connectivity index (χ0v) is 17.3. The Bertz CT molecular complexity index is 803. The molecule has 0 aromatic heterocycles. The normalized spacial score (nSPS) is 26.9. The molecule has 2 aromatic rings. The van der Waals surface area contributed by atoms with E-state index in [1.54, 1.807) is 0 Å². The largest absolute Gasteiger partial charge is 0.207 e. The molecular weight excluding hydrogens is 369 g/mol. The van der Waals surface area contributed by atoms with Crippen molar-refractivity contribution < 1.29 is 13.2 Å². The number of hydrogen-bond donors (Lipinski definition) is 0. The minimum atomic E-state index is -0.544. The monoisotopic (exact) mass is 400 g/mol. The Balaban J connectivity index is 1.47. The van der Waals surface area contributed by atoms with E-state index in [4.69, 9.17) is 0 Å². The highest BCUT2D eigenvalue weighted by atomic mass is 19.1. The molecule has 2 aliphatic rings. The number of rotatable bonds is 5. The van der Waals surface area contributed by atoms with Gasteiger partial charge in [0, 0.05) is 0 Å². The lowest BCUT2D eigenvalue weighted by molar-refractivity contribution is 0.113. The summed E-state index contributed by atoms with van der Waals surface area (Å²) < 4.78 is 42.8. The fourth-order valence-electron chi connectivity index (χ4n) is 5.76. The Morgan fingerprint density at radius 2 is 1.48 bits per heavy atom. The molecule has 3 heteroatoms. The summed E-state index contributed by atoms with van der Waals surface area (Å²) in [6, 6.07) is 8.36. The molecular formula is C26H31F3. The van der Waals surface area contributed by atoms with Crippen molar-refractivity contribution in [1.29, 1.82) is 0 Å². The van der Waals surface area contributed by atoms with E-state index in [2.05, 4.69) is 6.92 Å². The quantitative estimate of drug-likeness (QED) is 0.474. The third-order valence-electron chi connectivity index (χ3n) is 7.36. The Morgan fingerprint density at radius 3 is 2.17 bits per heavy atom. The fraction of sp³-hybridized carbons (Fsp3) is 0.538. The van der Waals surface area contributed by atoms with E-state index in [0.29, 0.717) is 11.5 Å². The van der Waals surface area contributed by atoms with Gasteiger partial charge in [0.1, 0.15) is 17.5 Å². The molecule has 156 valence electrons. The van der Waals surface area contributed by atoms with Gasteiger partial charge in [-0.3, -0.25) is 0 Å². The van der Waals surface area contributed by atoms with Gasteiger partial charge in [0.2, 0.25) is 0 Å². The molecule has 2 aromatic carbocycles. The summed E-state index contributed by atoms with van der Waals surface area (Å²) in [5.74, 6) is 1.14. The average molecular weight is 401 g/mol. The Hall–Kier alpha value is -1.77. The molecule has 0 nitrogen and oxygen atoms in total. The third kappa shape index (κ3) is 4.54. The van der Waals surface area contributed by atoms with Gasteiger partial charge in [0.25, 0.3) is 0 Å². The average Bonchev–Trinajstić information content (AvgIpc) is 2.72. The first-order chi connectivity index (χ1) is 14.0. The second-order valence-electron chi connectivity index (χ2n) is 9.22. The molecule has 1 unspecified atom stereocenters. The number of fused-ring (bicyclic) bond motifs is 1. The van der Waals surface area contributed by atoms with Crippen LogP contribution in [0.1, 0.15) is 76.2 Å². The van der Waals surface area contributed by atoms with Gasteiger partial charge in [0.15, 0.2) is 0 Å². The SMILES string of the molecule is CCCCC1CC[C@@H]2C[C@H](c3cc(F)c(-c4ccc(F)cc4)c(F)c3)CC[C@@H]2C1. The highest BCUT2D eigenvalue weighted by Crippen LogP contribution is 2.48. The fourth-order valence-corrected chi connectivity index (χ4v) is 5.76. The van der Waals surface area contributed by atoms with Gasteiger partial charge in [-0.05, 0) is 91.2 Å². The summed E-state index contributed by atoms with van der Waals surface area (Å²) in [6.07, 6.45) is 11.2. The Kier molecular flexibility index (Phi) is 6.32. The van der Waals surface area contributed by atoms with Gasteiger partial charge < -0.3 is 0 Å². The van der Waals surface area contributed by atoms with E-state index in [0.717, 1.165) is 30.2 Å². The highest BCUT2D eigenvalue weighted by Gasteiger charge is 2.36. The molecule has 0 radical (unpaired) electrons. The maximum absolute atomic E-state index is 14.8. The molecule has 0 heterocycles. The second kappa shape index (κ2) is 8.93. The van der Waals surface area contributed by atoms with E-state index in [9.17, 15) is 13.2 Å². The Labute approximate surface area is 172 Å². The van der Waals surface area contributed by atoms with Crippen molar-refractivity contribution in [3.05, 3.63) is 59.4 Å². The molecule has 2 fully saturated rings. The molecule has 0 aliphatic heterocycles. The van der Waals surface area contributed by atoms with Crippen LogP contribution in [0.25, 0.3) is 11.1 Å². The van der Waals surface area contributed by atoms with Crippen LogP contribution in [0.15, 0.2) is 36.4 Å². The van der Waals surface area contributed by atoms with Crippen molar-refractivity contribution in [2.75, 3.05) is 0 Å². The van der Waals surface area contributed by atoms with Crippen molar-refractivity contribution in [3.8, 4) is 11.1 Å². The second-order valence-corrected chi connectivity index (χ2v) is 9.22. The number of benzene rings is 2. The predicted octanol–water partition coefficient (Wildman–Crippen LogP) is 8.26. The third-order valence-corrected chi connectivity index (χ3v) is 7.36. The van der Waals surface area contributed by atoms with E-state index in [-0.39, 0.29) is 11.5 Å². The summed E-state index contributed by atoms with van der Waals surface area (Å²) in [5.41, 5.74) is 1.11. The van der Waals surface area contributed by atoms with Crippen molar-refractivity contribution in [2.24, 2.45) is 17.8 Å². The molecule has 4 atom stereocenters. The number of hydrogen-bond acceptors (Lipinski definition) is 0. The van der Waals surface area contributed by atoms with Gasteiger partial charge in [0.05, 0.1) is 5.56 Å². The zero-order valence-electron chi connectivity index (χ0n) is 17.3. The standard InChI is InChI=1S/C26H31F3/c1-2-3-4-17-5-6-20-14-21(8-7-19(20)13-17)22-15-24(28)26(25(29)16-22)18-9-11-23(27)12-10-18/h9-12,15-17,19-21H,2-8,13-14H2,1H3/t17?,19-,20-,21-/m1/s1. The van der Waals surface area contributed by atoms with Crippen LogP contribution >= 0.6 is 0 Å². The molecule has 4 rings (SSSR count). The smallest absolute Gasteiger partial charge is 0.134 e. The van der Waals surface area contributed by atoms with E-state index >= 15 is 0 Å². The summed E-state index contributed by atoms with van der Waals surface area (Å²) in [5, 5.41) is 0. The van der Waals surface area contributed by atoms with Crippen molar-refractivity contribution in [1.82, 2.24) is 0 Å². The van der Waals surface area contributed by atoms with Crippen LogP contribution in [0.4, 0.5) is 13.2 Å². The van der Waals surface area contributed by atoms with Gasteiger partial charge in [-0.15, -0.1) is 0 Å². The minimum absolute atomic E-state index is 0.0566. The van der Waals surface area contributed by atoms with Crippen LogP contribution in [0.3, 0.4) is 0 Å². The summed E-state index contributed by atoms with van der Waals surface area (Å²) >= 11 is 0. The zero-order chi connectivity index (χ0) is 20.4. The maximum Gasteiger partial charge on any atom is 0.134 e. The van der Waals surface area contributed by atoms with Crippen molar-refractivity contribution in [2.45, 2.75) is 70.6 Å². The lowest BCUT2D eigenvalue weighted by Gasteiger charge is -2.42. The molecule has 0 bridgehead atoms. The number of unbranched alkanes of at least 4 members (excludes halogenated alkanes) is 1. The van der Waals surface area contributed by atoms with Gasteiger partial charge in [-0.25, -0.2) is 13.2 Å². The minimum Gasteiger partial charge on any atom is -0.207 e. The molecule has 2 saturated carbocycles. The van der Waals surface area contributed by atoms with Gasteiger partial charge in [-0.1, -0.05) is 44.7 Å². The van der Waals surface area contributed by atoms with Crippen molar-refractivity contribution in [3.63, 3.8) is 0 Å². The molecule has 0 saturated heterocycles. The molecule has 0 spiro atoms. The van der Waals surface area contributed by atoms with Crippen LogP contribution in [0.5, 0.6) is 0 Å². The summed E-state index contributed by atoms with van der Waals surface area (Å²) in [6.45, 7) is 2.26. The van der Waals surface area contributed by atoms with Crippen LogP contribution < -0.4 is 0 Å². The van der Waals surface area contributed by atoms with Crippen LogP contribution in [-0.4, -0.2) is 0 Å². The Morgan fingerprint density at radius 1 is 0.828 bits per heavy atom. The summed E-state index contributed by atoms with van der Waals surface area (Å²) in [4.78, 5) is 0. The highest BCUT2D eigenvalue weighted by molar-refractivity contribution is 5.65. The first-order valence-corrected chi connectivity index (χ1v) is 11.3. The van der Waals surface area contributed by atoms with Gasteiger partial charge >= 0.3 is 0 Å². The predicted molar refractivity (Wildman–Crippen MR) is 112 cm³/mol. The van der Waals surface area contributed by atoms with Crippen LogP contribution in [-0.2, 0) is 0 Å². The van der Waals surface area contributed by atoms with Crippen LogP contribution in [0, 0.1) is 35.2 Å². The first-order valence-electron chi connectivity index (χ1n) is 11.3. The lowest BCUT2D eigenvalue weighted by Crippen LogP contribution is -2.30. The first kappa shape index (κ1) is 20.5. The molecule has 2 aliphatic carbocycles. The van der Waals surface area contributed by atoms with E-state index in [1.807, 2.05) is 0 Å². The lowest BCUT2D eigenvalue weighted by atomic mass is 9.63. The topological polar surface area (TPSA) is 0 Å². The van der Waals surface area contributed by atoms with E-state index < -0.39 is 17.5 Å². The van der Waals surface area contributed by atoms with Gasteiger partial charge in [-0.2, -0.15) is 0 Å². The molecule has 0 amide bonds. The van der Waals surface area contributed by atoms with E-state index in [1.165, 1.54) is 81.3 Å². The molecule has 0 N–H and O–H groups in total.